The van der Waals surface area contributed by atoms with Gasteiger partial charge in [0.2, 0.25) is 0 Å². The van der Waals surface area contributed by atoms with Crippen molar-refractivity contribution in [2.24, 2.45) is 0 Å². The predicted molar refractivity (Wildman–Crippen MR) is 126 cm³/mol. The maximum atomic E-state index is 14.1. The summed E-state index contributed by atoms with van der Waals surface area (Å²) in [4.78, 5) is 27.6. The summed E-state index contributed by atoms with van der Waals surface area (Å²) in [7, 11) is 0. The lowest BCUT2D eigenvalue weighted by Gasteiger charge is -2.22. The van der Waals surface area contributed by atoms with E-state index in [9.17, 15) is 9.18 Å². The molecule has 5 aromatic rings. The summed E-state index contributed by atoms with van der Waals surface area (Å²) in [5.74, 6) is 0.190. The van der Waals surface area contributed by atoms with Gasteiger partial charge in [0.15, 0.2) is 5.82 Å². The smallest absolute Gasteiger partial charge is 0.263 e. The SMILES string of the molecule is Cc1nc2c(N[C@@H](C)c3cc4cccc(C)c4c(=O)n3-c3cccc(F)c3)ncnc2s1. The number of aromatic nitrogens is 4. The molecule has 0 saturated carbocycles. The normalized spacial score (nSPS) is 12.4. The van der Waals surface area contributed by atoms with E-state index in [1.165, 1.54) is 29.8 Å². The topological polar surface area (TPSA) is 72.7 Å². The van der Waals surface area contributed by atoms with E-state index in [1.54, 1.807) is 16.7 Å². The fourth-order valence-corrected chi connectivity index (χ4v) is 4.75. The number of nitrogens with zero attached hydrogens (tertiary/aromatic N) is 4. The van der Waals surface area contributed by atoms with Gasteiger partial charge in [0.25, 0.3) is 5.56 Å². The summed E-state index contributed by atoms with van der Waals surface area (Å²) in [6.07, 6.45) is 1.50. The molecule has 0 aliphatic rings. The summed E-state index contributed by atoms with van der Waals surface area (Å²) < 4.78 is 15.6. The van der Waals surface area contributed by atoms with Crippen molar-refractivity contribution in [2.75, 3.05) is 5.32 Å². The predicted octanol–water partition coefficient (Wildman–Crippen LogP) is 5.32. The molecule has 3 aromatic heterocycles. The van der Waals surface area contributed by atoms with E-state index >= 15 is 0 Å². The zero-order valence-electron chi connectivity index (χ0n) is 17.8. The lowest BCUT2D eigenvalue weighted by Crippen LogP contribution is -2.26. The average Bonchev–Trinajstić information content (AvgIpc) is 3.14. The Hall–Kier alpha value is -3.65. The summed E-state index contributed by atoms with van der Waals surface area (Å²) in [6.45, 7) is 5.77. The zero-order valence-corrected chi connectivity index (χ0v) is 18.6. The first-order chi connectivity index (χ1) is 15.4. The number of nitrogens with one attached hydrogen (secondary N) is 1. The minimum absolute atomic E-state index is 0.188. The third-order valence-corrected chi connectivity index (χ3v) is 6.33. The molecule has 0 bridgehead atoms. The fourth-order valence-electron chi connectivity index (χ4n) is 4.00. The number of benzene rings is 2. The second-order valence-corrected chi connectivity index (χ2v) is 8.89. The van der Waals surface area contributed by atoms with Gasteiger partial charge in [-0.15, -0.1) is 0 Å². The maximum absolute atomic E-state index is 14.1. The van der Waals surface area contributed by atoms with Crippen LogP contribution >= 0.6 is 11.3 Å². The highest BCUT2D eigenvalue weighted by Gasteiger charge is 2.19. The van der Waals surface area contributed by atoms with E-state index in [0.29, 0.717) is 28.1 Å². The van der Waals surface area contributed by atoms with Gasteiger partial charge in [-0.05, 0) is 56.0 Å². The lowest BCUT2D eigenvalue weighted by atomic mass is 10.0. The molecule has 0 radical (unpaired) electrons. The van der Waals surface area contributed by atoms with Gasteiger partial charge in [0, 0.05) is 5.69 Å². The summed E-state index contributed by atoms with van der Waals surface area (Å²) >= 11 is 1.50. The second kappa shape index (κ2) is 7.80. The second-order valence-electron chi connectivity index (χ2n) is 7.70. The number of rotatable bonds is 4. The van der Waals surface area contributed by atoms with Gasteiger partial charge < -0.3 is 5.32 Å². The Labute approximate surface area is 187 Å². The van der Waals surface area contributed by atoms with Crippen molar-refractivity contribution in [1.29, 1.82) is 0 Å². The molecule has 32 heavy (non-hydrogen) atoms. The zero-order chi connectivity index (χ0) is 22.4. The van der Waals surface area contributed by atoms with E-state index < -0.39 is 5.82 Å². The van der Waals surface area contributed by atoms with Crippen LogP contribution in [0.5, 0.6) is 0 Å². The van der Waals surface area contributed by atoms with Crippen molar-refractivity contribution in [3.8, 4) is 5.69 Å². The van der Waals surface area contributed by atoms with E-state index in [4.69, 9.17) is 0 Å². The van der Waals surface area contributed by atoms with Gasteiger partial charge >= 0.3 is 0 Å². The number of hydrogen-bond donors (Lipinski definition) is 1. The molecular weight excluding hydrogens is 425 g/mol. The molecule has 0 unspecified atom stereocenters. The molecule has 0 fully saturated rings. The van der Waals surface area contributed by atoms with Gasteiger partial charge in [0.1, 0.15) is 22.5 Å². The molecule has 160 valence electrons. The number of pyridine rings is 1. The van der Waals surface area contributed by atoms with Crippen LogP contribution in [-0.4, -0.2) is 19.5 Å². The van der Waals surface area contributed by atoms with E-state index in [1.807, 2.05) is 45.0 Å². The number of halogens is 1. The molecule has 0 spiro atoms. The van der Waals surface area contributed by atoms with Crippen LogP contribution < -0.4 is 10.9 Å². The van der Waals surface area contributed by atoms with Gasteiger partial charge in [-0.2, -0.15) is 0 Å². The van der Waals surface area contributed by atoms with Crippen LogP contribution in [0.2, 0.25) is 0 Å². The van der Waals surface area contributed by atoms with Crippen molar-refractivity contribution >= 4 is 38.3 Å². The van der Waals surface area contributed by atoms with Crippen LogP contribution in [0.4, 0.5) is 10.2 Å². The molecular formula is C24H20FN5OS. The Morgan fingerprint density at radius 3 is 2.72 bits per heavy atom. The van der Waals surface area contributed by atoms with Gasteiger partial charge in [-0.1, -0.05) is 35.6 Å². The van der Waals surface area contributed by atoms with Crippen molar-refractivity contribution in [3.63, 3.8) is 0 Å². The van der Waals surface area contributed by atoms with Crippen molar-refractivity contribution in [2.45, 2.75) is 26.8 Å². The number of hydrogen-bond acceptors (Lipinski definition) is 6. The van der Waals surface area contributed by atoms with Crippen LogP contribution in [0.25, 0.3) is 26.8 Å². The molecule has 0 saturated heterocycles. The third-order valence-electron chi connectivity index (χ3n) is 5.45. The Balaban J connectivity index is 1.71. The lowest BCUT2D eigenvalue weighted by molar-refractivity contribution is 0.625. The quantitative estimate of drug-likeness (QED) is 0.405. The minimum atomic E-state index is -0.402. The molecule has 6 nitrogen and oxygen atoms in total. The van der Waals surface area contributed by atoms with E-state index in [-0.39, 0.29) is 11.6 Å². The molecule has 8 heteroatoms. The first-order valence-corrected chi connectivity index (χ1v) is 11.0. The Morgan fingerprint density at radius 2 is 1.91 bits per heavy atom. The molecule has 5 rings (SSSR count). The van der Waals surface area contributed by atoms with Gasteiger partial charge in [-0.25, -0.2) is 19.3 Å². The van der Waals surface area contributed by atoms with Crippen LogP contribution in [0.1, 0.15) is 29.2 Å². The van der Waals surface area contributed by atoms with E-state index in [2.05, 4.69) is 20.3 Å². The van der Waals surface area contributed by atoms with Crippen LogP contribution in [0.3, 0.4) is 0 Å². The molecule has 0 amide bonds. The molecule has 1 atom stereocenters. The van der Waals surface area contributed by atoms with Crippen molar-refractivity contribution in [1.82, 2.24) is 19.5 Å². The van der Waals surface area contributed by atoms with Crippen LogP contribution in [0.15, 0.2) is 59.7 Å². The van der Waals surface area contributed by atoms with Gasteiger partial charge in [0.05, 0.1) is 22.1 Å². The highest BCUT2D eigenvalue weighted by molar-refractivity contribution is 7.18. The van der Waals surface area contributed by atoms with Crippen molar-refractivity contribution in [3.05, 3.63) is 87.3 Å². The number of aryl methyl sites for hydroxylation is 2. The van der Waals surface area contributed by atoms with Crippen LogP contribution in [-0.2, 0) is 0 Å². The number of anilines is 1. The summed E-state index contributed by atoms with van der Waals surface area (Å²) in [5.41, 5.74) is 2.55. The maximum Gasteiger partial charge on any atom is 0.263 e. The molecule has 1 N–H and O–H groups in total. The Kier molecular flexibility index (Phi) is 4.94. The number of thiazole rings is 1. The number of fused-ring (bicyclic) bond motifs is 2. The first-order valence-electron chi connectivity index (χ1n) is 10.2. The Bertz CT molecular complexity index is 1540. The summed E-state index contributed by atoms with van der Waals surface area (Å²) in [6, 6.07) is 13.5. The van der Waals surface area contributed by atoms with Crippen LogP contribution in [0, 0.1) is 19.7 Å². The van der Waals surface area contributed by atoms with E-state index in [0.717, 1.165) is 20.8 Å². The van der Waals surface area contributed by atoms with Crippen molar-refractivity contribution < 1.29 is 4.39 Å². The molecule has 0 aliphatic heterocycles. The minimum Gasteiger partial charge on any atom is -0.360 e. The monoisotopic (exact) mass is 445 g/mol. The Morgan fingerprint density at radius 1 is 1.09 bits per heavy atom. The van der Waals surface area contributed by atoms with Gasteiger partial charge in [-0.3, -0.25) is 9.36 Å². The molecule has 3 heterocycles. The largest absolute Gasteiger partial charge is 0.360 e. The summed E-state index contributed by atoms with van der Waals surface area (Å²) in [5, 5.41) is 5.74. The third kappa shape index (κ3) is 3.42. The average molecular weight is 446 g/mol. The fraction of sp³-hybridized carbons (Fsp3) is 0.167. The molecule has 0 aliphatic carbocycles. The highest BCUT2D eigenvalue weighted by atomic mass is 32.1. The molecule has 2 aromatic carbocycles. The first kappa shape index (κ1) is 20.3. The standard InChI is InChI=1S/C24H20FN5OS/c1-13-6-4-7-16-10-19(30(24(31)20(13)16)18-9-5-8-17(25)11-18)14(2)28-22-21-23(27-12-26-22)32-15(3)29-21/h4-12,14H,1-3H3,(H,26,27,28)/t14-/m0/s1. The highest BCUT2D eigenvalue weighted by Crippen LogP contribution is 2.29.